The molecule has 0 spiro atoms. The van der Waals surface area contributed by atoms with Crippen LogP contribution in [0.25, 0.3) is 0 Å². The summed E-state index contributed by atoms with van der Waals surface area (Å²) in [5.41, 5.74) is 6.66. The van der Waals surface area contributed by atoms with Gasteiger partial charge in [0, 0.05) is 33.0 Å². The van der Waals surface area contributed by atoms with Gasteiger partial charge in [-0.1, -0.05) is 0 Å². The quantitative estimate of drug-likeness (QED) is 0.853. The van der Waals surface area contributed by atoms with E-state index < -0.39 is 10.0 Å². The average Bonchev–Trinajstić information content (AvgIpc) is 2.79. The summed E-state index contributed by atoms with van der Waals surface area (Å²) in [5.74, 6) is 0.0147. The van der Waals surface area contributed by atoms with E-state index >= 15 is 0 Å². The molecule has 0 aliphatic rings. The van der Waals surface area contributed by atoms with E-state index in [1.807, 2.05) is 12.1 Å². The molecule has 0 saturated carbocycles. The number of nitrogens with one attached hydrogen (secondary N) is 1. The lowest BCUT2D eigenvalue weighted by atomic mass is 10.3. The van der Waals surface area contributed by atoms with E-state index in [2.05, 4.69) is 14.7 Å². The highest BCUT2D eigenvalue weighted by atomic mass is 32.2. The monoisotopic (exact) mass is 313 g/mol. The largest absolute Gasteiger partial charge is 0.382 e. The van der Waals surface area contributed by atoms with Gasteiger partial charge in [-0.25, -0.2) is 12.7 Å². The van der Waals surface area contributed by atoms with Gasteiger partial charge in [-0.2, -0.15) is 4.37 Å². The Labute approximate surface area is 121 Å². The SMILES string of the molecule is CN(C)S(=O)(=O)c1c(N)nsc1NCc1ccncc1. The van der Waals surface area contributed by atoms with Crippen LogP contribution in [0.1, 0.15) is 5.56 Å². The molecule has 9 heteroatoms. The molecule has 0 aliphatic carbocycles. The van der Waals surface area contributed by atoms with Crippen LogP contribution in [-0.2, 0) is 16.6 Å². The summed E-state index contributed by atoms with van der Waals surface area (Å²) in [6.45, 7) is 0.472. The van der Waals surface area contributed by atoms with Gasteiger partial charge in [0.15, 0.2) is 10.7 Å². The molecule has 7 nitrogen and oxygen atoms in total. The van der Waals surface area contributed by atoms with Gasteiger partial charge in [0.05, 0.1) is 0 Å². The Kier molecular flexibility index (Phi) is 4.21. The number of nitrogens with two attached hydrogens (primary N) is 1. The maximum Gasteiger partial charge on any atom is 0.249 e. The summed E-state index contributed by atoms with van der Waals surface area (Å²) in [5, 5.41) is 3.49. The molecule has 0 bridgehead atoms. The molecular formula is C11H15N5O2S2. The molecule has 2 aromatic rings. The van der Waals surface area contributed by atoms with Crippen LogP contribution in [0.4, 0.5) is 10.8 Å². The highest BCUT2D eigenvalue weighted by molar-refractivity contribution is 7.89. The molecule has 2 heterocycles. The molecule has 20 heavy (non-hydrogen) atoms. The molecule has 0 aliphatic heterocycles. The number of pyridine rings is 1. The van der Waals surface area contributed by atoms with Gasteiger partial charge in [0.1, 0.15) is 5.00 Å². The van der Waals surface area contributed by atoms with E-state index in [-0.39, 0.29) is 10.7 Å². The van der Waals surface area contributed by atoms with Crippen molar-refractivity contribution in [1.29, 1.82) is 0 Å². The molecule has 0 fully saturated rings. The third-order valence-corrected chi connectivity index (χ3v) is 5.45. The molecule has 0 saturated heterocycles. The summed E-state index contributed by atoms with van der Waals surface area (Å²) in [6.07, 6.45) is 3.35. The standard InChI is InChI=1S/C11H15N5O2S2/c1-16(2)20(17,18)9-10(12)15-19-11(9)14-7-8-3-5-13-6-4-8/h3-6,14H,7H2,1-2H3,(H2,12,15). The summed E-state index contributed by atoms with van der Waals surface area (Å²) in [6, 6.07) is 3.69. The number of rotatable bonds is 5. The fourth-order valence-corrected chi connectivity index (χ4v) is 3.59. The van der Waals surface area contributed by atoms with Gasteiger partial charge in [-0.15, -0.1) is 0 Å². The van der Waals surface area contributed by atoms with Crippen molar-refractivity contribution in [3.63, 3.8) is 0 Å². The van der Waals surface area contributed by atoms with Crippen molar-refractivity contribution in [3.05, 3.63) is 30.1 Å². The van der Waals surface area contributed by atoms with Crippen LogP contribution >= 0.6 is 11.5 Å². The lowest BCUT2D eigenvalue weighted by Gasteiger charge is -2.12. The first kappa shape index (κ1) is 14.7. The summed E-state index contributed by atoms with van der Waals surface area (Å²) < 4.78 is 29.4. The lowest BCUT2D eigenvalue weighted by molar-refractivity contribution is 0.521. The third kappa shape index (κ3) is 2.89. The first-order valence-corrected chi connectivity index (χ1v) is 7.94. The number of nitrogen functional groups attached to an aromatic ring is 1. The second-order valence-electron chi connectivity index (χ2n) is 4.22. The number of hydrogen-bond donors (Lipinski definition) is 2. The van der Waals surface area contributed by atoms with E-state index in [0.717, 1.165) is 21.4 Å². The van der Waals surface area contributed by atoms with Crippen molar-refractivity contribution in [2.45, 2.75) is 11.4 Å². The minimum absolute atomic E-state index is 0.0147. The van der Waals surface area contributed by atoms with Crippen LogP contribution in [0, 0.1) is 0 Å². The lowest BCUT2D eigenvalue weighted by Crippen LogP contribution is -2.23. The van der Waals surface area contributed by atoms with Crippen molar-refractivity contribution in [2.75, 3.05) is 25.1 Å². The summed E-state index contributed by atoms with van der Waals surface area (Å²) in [7, 11) is -0.703. The molecule has 108 valence electrons. The van der Waals surface area contributed by atoms with E-state index in [0.29, 0.717) is 11.5 Å². The van der Waals surface area contributed by atoms with E-state index in [1.54, 1.807) is 12.4 Å². The molecule has 2 rings (SSSR count). The Balaban J connectivity index is 2.26. The highest BCUT2D eigenvalue weighted by Gasteiger charge is 2.27. The van der Waals surface area contributed by atoms with Gasteiger partial charge in [-0.3, -0.25) is 4.98 Å². The summed E-state index contributed by atoms with van der Waals surface area (Å²) >= 11 is 1.03. The summed E-state index contributed by atoms with van der Waals surface area (Å²) in [4.78, 5) is 3.95. The van der Waals surface area contributed by atoms with Gasteiger partial charge in [0.25, 0.3) is 0 Å². The second-order valence-corrected chi connectivity index (χ2v) is 7.08. The normalized spacial score (nSPS) is 11.8. The number of hydrogen-bond acceptors (Lipinski definition) is 7. The Hall–Kier alpha value is -1.71. The van der Waals surface area contributed by atoms with E-state index in [4.69, 9.17) is 5.73 Å². The molecule has 0 unspecified atom stereocenters. The highest BCUT2D eigenvalue weighted by Crippen LogP contribution is 2.33. The molecule has 3 N–H and O–H groups in total. The van der Waals surface area contributed by atoms with Crippen molar-refractivity contribution < 1.29 is 8.42 Å². The van der Waals surface area contributed by atoms with Crippen LogP contribution < -0.4 is 11.1 Å². The minimum atomic E-state index is -3.62. The van der Waals surface area contributed by atoms with Crippen LogP contribution in [0.15, 0.2) is 29.4 Å². The number of anilines is 2. The Morgan fingerprint density at radius 1 is 1.35 bits per heavy atom. The fourth-order valence-electron chi connectivity index (χ4n) is 1.52. The Bertz CT molecular complexity index is 682. The number of sulfonamides is 1. The number of aromatic nitrogens is 2. The zero-order chi connectivity index (χ0) is 14.8. The molecule has 0 atom stereocenters. The van der Waals surface area contributed by atoms with Gasteiger partial charge in [0.2, 0.25) is 10.0 Å². The van der Waals surface area contributed by atoms with Gasteiger partial charge in [-0.05, 0) is 29.2 Å². The molecule has 0 amide bonds. The third-order valence-electron chi connectivity index (χ3n) is 2.62. The van der Waals surface area contributed by atoms with Crippen molar-refractivity contribution in [1.82, 2.24) is 13.7 Å². The first-order valence-electron chi connectivity index (χ1n) is 5.73. The Morgan fingerprint density at radius 3 is 2.60 bits per heavy atom. The van der Waals surface area contributed by atoms with Crippen molar-refractivity contribution in [3.8, 4) is 0 Å². The predicted molar refractivity (Wildman–Crippen MR) is 79.0 cm³/mol. The van der Waals surface area contributed by atoms with Gasteiger partial charge < -0.3 is 11.1 Å². The maximum absolute atomic E-state index is 12.2. The minimum Gasteiger partial charge on any atom is -0.382 e. The Morgan fingerprint density at radius 2 is 2.00 bits per heavy atom. The first-order chi connectivity index (χ1) is 9.43. The van der Waals surface area contributed by atoms with E-state index in [1.165, 1.54) is 14.1 Å². The zero-order valence-electron chi connectivity index (χ0n) is 11.1. The number of nitrogens with zero attached hydrogens (tertiary/aromatic N) is 3. The van der Waals surface area contributed by atoms with Crippen molar-refractivity contribution in [2.24, 2.45) is 0 Å². The molecule has 0 radical (unpaired) electrons. The van der Waals surface area contributed by atoms with Gasteiger partial charge >= 0.3 is 0 Å². The van der Waals surface area contributed by atoms with Crippen LogP contribution in [0.5, 0.6) is 0 Å². The fraction of sp³-hybridized carbons (Fsp3) is 0.273. The zero-order valence-corrected chi connectivity index (χ0v) is 12.7. The molecule has 2 aromatic heterocycles. The average molecular weight is 313 g/mol. The van der Waals surface area contributed by atoms with Crippen molar-refractivity contribution >= 4 is 32.4 Å². The smallest absolute Gasteiger partial charge is 0.249 e. The van der Waals surface area contributed by atoms with E-state index in [9.17, 15) is 8.42 Å². The second kappa shape index (κ2) is 5.73. The topological polar surface area (TPSA) is 101 Å². The van der Waals surface area contributed by atoms with Crippen LogP contribution in [0.2, 0.25) is 0 Å². The molecule has 0 aromatic carbocycles. The van der Waals surface area contributed by atoms with Crippen LogP contribution in [-0.4, -0.2) is 36.2 Å². The maximum atomic E-state index is 12.2. The van der Waals surface area contributed by atoms with Crippen LogP contribution in [0.3, 0.4) is 0 Å². The molecular weight excluding hydrogens is 298 g/mol. The predicted octanol–water partition coefficient (Wildman–Crippen LogP) is 0.983.